The van der Waals surface area contributed by atoms with E-state index in [-0.39, 0.29) is 0 Å². The van der Waals surface area contributed by atoms with Gasteiger partial charge < -0.3 is 4.42 Å². The van der Waals surface area contributed by atoms with E-state index in [0.717, 1.165) is 11.4 Å². The molecule has 0 amide bonds. The number of hydrogen-bond donors (Lipinski definition) is 0. The Kier molecular flexibility index (Phi) is 2.66. The van der Waals surface area contributed by atoms with Gasteiger partial charge in [-0.25, -0.2) is 4.98 Å². The van der Waals surface area contributed by atoms with E-state index in [1.54, 1.807) is 6.20 Å². The Morgan fingerprint density at radius 3 is 2.75 bits per heavy atom. The van der Waals surface area contributed by atoms with Gasteiger partial charge in [-0.05, 0) is 28.7 Å². The molecule has 0 atom stereocenters. The molecule has 0 radical (unpaired) electrons. The zero-order valence-electron chi connectivity index (χ0n) is 8.02. The first-order valence-electron chi connectivity index (χ1n) is 4.63. The second-order valence-electron chi connectivity index (χ2n) is 3.32. The second-order valence-corrected chi connectivity index (χ2v) is 5.40. The standard InChI is InChI=1S/C11H6I2N2O/c12-8-6-15(10-5-14-11(13)16-10)9-4-2-1-3-7(8)9/h1-6H. The molecule has 0 aliphatic carbocycles. The molecule has 16 heavy (non-hydrogen) atoms. The van der Waals surface area contributed by atoms with Gasteiger partial charge in [-0.1, -0.05) is 18.2 Å². The molecule has 0 spiro atoms. The van der Waals surface area contributed by atoms with Crippen LogP contribution in [0.2, 0.25) is 0 Å². The lowest BCUT2D eigenvalue weighted by molar-refractivity contribution is 0.506. The number of para-hydroxylation sites is 1. The maximum Gasteiger partial charge on any atom is 0.259 e. The topological polar surface area (TPSA) is 31.0 Å². The summed E-state index contributed by atoms with van der Waals surface area (Å²) in [5, 5.41) is 1.23. The number of hydrogen-bond acceptors (Lipinski definition) is 2. The molecular formula is C11H6I2N2O. The smallest absolute Gasteiger partial charge is 0.259 e. The molecule has 3 nitrogen and oxygen atoms in total. The fourth-order valence-electron chi connectivity index (χ4n) is 1.68. The summed E-state index contributed by atoms with van der Waals surface area (Å²) in [6, 6.07) is 8.25. The van der Waals surface area contributed by atoms with Crippen molar-refractivity contribution < 1.29 is 4.42 Å². The fourth-order valence-corrected chi connectivity index (χ4v) is 2.78. The van der Waals surface area contributed by atoms with Gasteiger partial charge in [0.25, 0.3) is 3.90 Å². The molecule has 0 saturated heterocycles. The van der Waals surface area contributed by atoms with Crippen LogP contribution in [-0.4, -0.2) is 9.55 Å². The van der Waals surface area contributed by atoms with E-state index in [1.165, 1.54) is 8.96 Å². The zero-order chi connectivity index (χ0) is 11.1. The minimum atomic E-state index is 0.653. The molecule has 0 N–H and O–H groups in total. The molecule has 0 saturated carbocycles. The van der Waals surface area contributed by atoms with E-state index >= 15 is 0 Å². The molecule has 3 aromatic rings. The number of halogens is 2. The maximum absolute atomic E-state index is 5.53. The molecule has 3 rings (SSSR count). The van der Waals surface area contributed by atoms with Gasteiger partial charge in [0.05, 0.1) is 11.7 Å². The molecule has 0 fully saturated rings. The monoisotopic (exact) mass is 436 g/mol. The van der Waals surface area contributed by atoms with Crippen molar-refractivity contribution in [2.45, 2.75) is 0 Å². The van der Waals surface area contributed by atoms with Crippen molar-refractivity contribution in [3.8, 4) is 5.88 Å². The van der Waals surface area contributed by atoms with Crippen molar-refractivity contribution >= 4 is 56.1 Å². The molecule has 5 heteroatoms. The maximum atomic E-state index is 5.53. The van der Waals surface area contributed by atoms with Crippen LogP contribution in [0, 0.1) is 7.47 Å². The van der Waals surface area contributed by atoms with E-state index in [4.69, 9.17) is 4.42 Å². The van der Waals surface area contributed by atoms with Crippen LogP contribution in [0.1, 0.15) is 0 Å². The van der Waals surface area contributed by atoms with Crippen LogP contribution in [0.5, 0.6) is 0 Å². The third-order valence-electron chi connectivity index (χ3n) is 2.37. The molecule has 0 bridgehead atoms. The minimum Gasteiger partial charge on any atom is -0.415 e. The summed E-state index contributed by atoms with van der Waals surface area (Å²) in [6.45, 7) is 0. The minimum absolute atomic E-state index is 0.653. The summed E-state index contributed by atoms with van der Waals surface area (Å²) < 4.78 is 9.41. The predicted octanol–water partition coefficient (Wildman–Crippen LogP) is 3.83. The van der Waals surface area contributed by atoms with Crippen molar-refractivity contribution in [2.24, 2.45) is 0 Å². The summed E-state index contributed by atoms with van der Waals surface area (Å²) in [5.41, 5.74) is 1.14. The highest BCUT2D eigenvalue weighted by molar-refractivity contribution is 14.1. The molecule has 0 aliphatic rings. The number of benzene rings is 1. The van der Waals surface area contributed by atoms with Crippen molar-refractivity contribution in [2.75, 3.05) is 0 Å². The van der Waals surface area contributed by atoms with Crippen LogP contribution in [0.4, 0.5) is 0 Å². The Morgan fingerprint density at radius 1 is 1.19 bits per heavy atom. The molecule has 1 aromatic carbocycles. The highest BCUT2D eigenvalue weighted by Crippen LogP contribution is 2.26. The van der Waals surface area contributed by atoms with E-state index in [2.05, 4.69) is 68.5 Å². The Balaban J connectivity index is 2.32. The summed E-state index contributed by atoms with van der Waals surface area (Å²) in [5.74, 6) is 0.753. The van der Waals surface area contributed by atoms with Gasteiger partial charge in [0.1, 0.15) is 0 Å². The molecular weight excluding hydrogens is 430 g/mol. The average Bonchev–Trinajstić information content (AvgIpc) is 2.84. The Morgan fingerprint density at radius 2 is 2.00 bits per heavy atom. The van der Waals surface area contributed by atoms with Gasteiger partial charge >= 0.3 is 0 Å². The Bertz CT molecular complexity index is 657. The lowest BCUT2D eigenvalue weighted by atomic mass is 10.2. The van der Waals surface area contributed by atoms with Gasteiger partial charge in [-0.15, -0.1) is 0 Å². The first-order valence-corrected chi connectivity index (χ1v) is 6.79. The third kappa shape index (κ3) is 1.65. The summed E-state index contributed by atoms with van der Waals surface area (Å²) in [7, 11) is 0. The lowest BCUT2D eigenvalue weighted by Crippen LogP contribution is -1.88. The van der Waals surface area contributed by atoms with Crippen LogP contribution >= 0.6 is 45.2 Å². The van der Waals surface area contributed by atoms with Gasteiger partial charge in [-0.3, -0.25) is 4.57 Å². The van der Waals surface area contributed by atoms with Crippen molar-refractivity contribution in [1.82, 2.24) is 9.55 Å². The predicted molar refractivity (Wildman–Crippen MR) is 78.8 cm³/mol. The van der Waals surface area contributed by atoms with Crippen LogP contribution in [0.25, 0.3) is 16.8 Å². The first kappa shape index (κ1) is 10.6. The molecule has 0 unspecified atom stereocenters. The summed E-state index contributed by atoms with van der Waals surface area (Å²) in [6.07, 6.45) is 3.80. The first-order chi connectivity index (χ1) is 7.75. The van der Waals surface area contributed by atoms with Crippen LogP contribution < -0.4 is 0 Å². The molecule has 2 aromatic heterocycles. The van der Waals surface area contributed by atoms with Crippen molar-refractivity contribution in [3.05, 3.63) is 44.1 Å². The van der Waals surface area contributed by atoms with E-state index in [9.17, 15) is 0 Å². The number of fused-ring (bicyclic) bond motifs is 1. The van der Waals surface area contributed by atoms with Crippen molar-refractivity contribution in [1.29, 1.82) is 0 Å². The van der Waals surface area contributed by atoms with Crippen molar-refractivity contribution in [3.63, 3.8) is 0 Å². The molecule has 80 valence electrons. The summed E-state index contributed by atoms with van der Waals surface area (Å²) >= 11 is 4.39. The Labute approximate surface area is 119 Å². The third-order valence-corrected chi connectivity index (χ3v) is 3.72. The highest BCUT2D eigenvalue weighted by Gasteiger charge is 2.10. The zero-order valence-corrected chi connectivity index (χ0v) is 12.3. The van der Waals surface area contributed by atoms with E-state index < -0.39 is 0 Å². The second kappa shape index (κ2) is 4.02. The normalized spacial score (nSPS) is 11.1. The number of rotatable bonds is 1. The lowest BCUT2D eigenvalue weighted by Gasteiger charge is -1.98. The Hall–Kier alpha value is -0.570. The van der Waals surface area contributed by atoms with Gasteiger partial charge in [0.2, 0.25) is 5.88 Å². The summed E-state index contributed by atoms with van der Waals surface area (Å²) in [4.78, 5) is 4.11. The van der Waals surface area contributed by atoms with Crippen LogP contribution in [-0.2, 0) is 0 Å². The average molecular weight is 436 g/mol. The quantitative estimate of drug-likeness (QED) is 0.544. The molecule has 0 aliphatic heterocycles. The SMILES string of the molecule is Ic1ncc(-n2cc(I)c3ccccc32)o1. The van der Waals surface area contributed by atoms with E-state index in [1.807, 2.05) is 16.7 Å². The highest BCUT2D eigenvalue weighted by atomic mass is 127. The number of aromatic nitrogens is 2. The van der Waals surface area contributed by atoms with Gasteiger partial charge in [0.15, 0.2) is 0 Å². The van der Waals surface area contributed by atoms with Gasteiger partial charge in [0, 0.05) is 37.7 Å². The largest absolute Gasteiger partial charge is 0.415 e. The van der Waals surface area contributed by atoms with Crippen LogP contribution in [0.3, 0.4) is 0 Å². The number of nitrogens with zero attached hydrogens (tertiary/aromatic N) is 2. The molecule has 2 heterocycles. The number of oxazole rings is 1. The van der Waals surface area contributed by atoms with Crippen LogP contribution in [0.15, 0.2) is 41.1 Å². The van der Waals surface area contributed by atoms with E-state index in [0.29, 0.717) is 3.90 Å². The fraction of sp³-hybridized carbons (Fsp3) is 0. The van der Waals surface area contributed by atoms with Gasteiger partial charge in [-0.2, -0.15) is 0 Å².